The van der Waals surface area contributed by atoms with E-state index in [1.807, 2.05) is 29.2 Å². The van der Waals surface area contributed by atoms with Crippen molar-refractivity contribution >= 4 is 17.5 Å². The minimum Gasteiger partial charge on any atom is -0.338 e. The molecule has 4 rings (SSSR count). The number of piperidine rings is 1. The van der Waals surface area contributed by atoms with Crippen molar-refractivity contribution in [1.29, 1.82) is 0 Å². The Balaban J connectivity index is 1.39. The van der Waals surface area contributed by atoms with Crippen molar-refractivity contribution in [3.8, 4) is 0 Å². The smallest absolute Gasteiger partial charge is 0.255 e. The van der Waals surface area contributed by atoms with Gasteiger partial charge in [-0.3, -0.25) is 9.59 Å². The van der Waals surface area contributed by atoms with Crippen molar-refractivity contribution in [2.75, 3.05) is 31.6 Å². The third-order valence-electron chi connectivity index (χ3n) is 5.93. The molecule has 0 atom stereocenters. The summed E-state index contributed by atoms with van der Waals surface area (Å²) in [5.74, 6) is 1.22. The van der Waals surface area contributed by atoms with E-state index in [4.69, 9.17) is 0 Å². The van der Waals surface area contributed by atoms with Gasteiger partial charge in [-0.25, -0.2) is 0 Å². The number of nitrogens with one attached hydrogen (secondary N) is 1. The standard InChI is InChI=1S/C21H29N3O2/c1-23(20(25)16-8-9-16)19-5-3-2-4-18(19)21(26)24-12-10-17(11-13-24)22-14-15-6-7-15/h2-5,15-17,22H,6-14H2,1H3. The number of nitrogens with zero attached hydrogens (tertiary/aromatic N) is 2. The maximum atomic E-state index is 13.1. The molecule has 140 valence electrons. The summed E-state index contributed by atoms with van der Waals surface area (Å²) in [5, 5.41) is 3.66. The molecule has 1 saturated heterocycles. The first-order valence-corrected chi connectivity index (χ1v) is 10.0. The lowest BCUT2D eigenvalue weighted by Gasteiger charge is -2.33. The molecule has 0 radical (unpaired) electrons. The van der Waals surface area contributed by atoms with Gasteiger partial charge >= 0.3 is 0 Å². The predicted octanol–water partition coefficient (Wildman–Crippen LogP) is 2.66. The number of carbonyl (C=O) groups is 2. The van der Waals surface area contributed by atoms with Crippen LogP contribution in [-0.4, -0.2) is 49.4 Å². The number of hydrogen-bond donors (Lipinski definition) is 1. The summed E-state index contributed by atoms with van der Waals surface area (Å²) in [5.41, 5.74) is 1.39. The van der Waals surface area contributed by atoms with E-state index in [9.17, 15) is 9.59 Å². The van der Waals surface area contributed by atoms with Gasteiger partial charge in [-0.1, -0.05) is 12.1 Å². The molecule has 1 N–H and O–H groups in total. The molecule has 26 heavy (non-hydrogen) atoms. The summed E-state index contributed by atoms with van der Waals surface area (Å²) in [6.07, 6.45) is 6.71. The Hall–Kier alpha value is -1.88. The molecule has 1 heterocycles. The minimum atomic E-state index is 0.0525. The normalized spacial score (nSPS) is 20.9. The Morgan fingerprint density at radius 1 is 1.08 bits per heavy atom. The van der Waals surface area contributed by atoms with E-state index in [0.717, 1.165) is 56.9 Å². The molecule has 0 aromatic heterocycles. The Bertz CT molecular complexity index is 674. The predicted molar refractivity (Wildman–Crippen MR) is 102 cm³/mol. The molecule has 2 aliphatic carbocycles. The van der Waals surface area contributed by atoms with Crippen molar-refractivity contribution in [1.82, 2.24) is 10.2 Å². The van der Waals surface area contributed by atoms with Crippen LogP contribution < -0.4 is 10.2 Å². The van der Waals surface area contributed by atoms with Crippen molar-refractivity contribution in [2.24, 2.45) is 11.8 Å². The second-order valence-electron chi connectivity index (χ2n) is 8.11. The summed E-state index contributed by atoms with van der Waals surface area (Å²) < 4.78 is 0. The van der Waals surface area contributed by atoms with Crippen LogP contribution in [0, 0.1) is 11.8 Å². The first kappa shape index (κ1) is 17.5. The van der Waals surface area contributed by atoms with Crippen LogP contribution >= 0.6 is 0 Å². The van der Waals surface area contributed by atoms with E-state index in [-0.39, 0.29) is 17.7 Å². The first-order valence-electron chi connectivity index (χ1n) is 10.0. The molecule has 0 unspecified atom stereocenters. The Morgan fingerprint density at radius 3 is 2.42 bits per heavy atom. The number of amides is 2. The average Bonchev–Trinajstić information content (AvgIpc) is 3.58. The van der Waals surface area contributed by atoms with Crippen molar-refractivity contribution in [2.45, 2.75) is 44.6 Å². The third kappa shape index (κ3) is 3.93. The molecular formula is C21H29N3O2. The maximum absolute atomic E-state index is 13.1. The number of likely N-dealkylation sites (tertiary alicyclic amines) is 1. The highest BCUT2D eigenvalue weighted by atomic mass is 16.2. The van der Waals surface area contributed by atoms with Crippen molar-refractivity contribution < 1.29 is 9.59 Å². The fraction of sp³-hybridized carbons (Fsp3) is 0.619. The molecule has 3 fully saturated rings. The summed E-state index contributed by atoms with van der Waals surface area (Å²) in [6, 6.07) is 8.06. The maximum Gasteiger partial charge on any atom is 0.255 e. The lowest BCUT2D eigenvalue weighted by Crippen LogP contribution is -2.45. The summed E-state index contributed by atoms with van der Waals surface area (Å²) in [6.45, 7) is 2.71. The van der Waals surface area contributed by atoms with E-state index < -0.39 is 0 Å². The number of benzene rings is 1. The number of carbonyl (C=O) groups excluding carboxylic acids is 2. The van der Waals surface area contributed by atoms with E-state index >= 15 is 0 Å². The molecule has 1 aliphatic heterocycles. The molecule has 2 amide bonds. The molecule has 1 aromatic carbocycles. The molecule has 2 saturated carbocycles. The van der Waals surface area contributed by atoms with Crippen molar-refractivity contribution in [3.05, 3.63) is 29.8 Å². The topological polar surface area (TPSA) is 52.7 Å². The zero-order valence-corrected chi connectivity index (χ0v) is 15.6. The zero-order chi connectivity index (χ0) is 18.1. The van der Waals surface area contributed by atoms with Gasteiger partial charge in [-0.05, 0) is 63.1 Å². The lowest BCUT2D eigenvalue weighted by atomic mass is 10.0. The summed E-state index contributed by atoms with van der Waals surface area (Å²) in [7, 11) is 1.79. The van der Waals surface area contributed by atoms with Gasteiger partial charge in [0.1, 0.15) is 0 Å². The number of anilines is 1. The highest BCUT2D eigenvalue weighted by Crippen LogP contribution is 2.33. The van der Waals surface area contributed by atoms with Crippen LogP contribution in [0.15, 0.2) is 24.3 Å². The fourth-order valence-electron chi connectivity index (χ4n) is 3.78. The molecule has 1 aromatic rings. The van der Waals surface area contributed by atoms with Gasteiger partial charge in [-0.15, -0.1) is 0 Å². The van der Waals surface area contributed by atoms with Gasteiger partial charge in [0.25, 0.3) is 5.91 Å². The van der Waals surface area contributed by atoms with Crippen LogP contribution in [0.2, 0.25) is 0 Å². The first-order chi connectivity index (χ1) is 12.6. The van der Waals surface area contributed by atoms with Crippen molar-refractivity contribution in [3.63, 3.8) is 0 Å². The molecule has 0 spiro atoms. The largest absolute Gasteiger partial charge is 0.338 e. The molecule has 0 bridgehead atoms. The summed E-state index contributed by atoms with van der Waals surface area (Å²) in [4.78, 5) is 29.1. The quantitative estimate of drug-likeness (QED) is 0.854. The van der Waals surface area contributed by atoms with E-state index in [0.29, 0.717) is 11.6 Å². The highest BCUT2D eigenvalue weighted by Gasteiger charge is 2.34. The second-order valence-corrected chi connectivity index (χ2v) is 8.11. The lowest BCUT2D eigenvalue weighted by molar-refractivity contribution is -0.119. The monoisotopic (exact) mass is 355 g/mol. The molecular weight excluding hydrogens is 326 g/mol. The van der Waals surface area contributed by atoms with E-state index in [2.05, 4.69) is 5.32 Å². The van der Waals surface area contributed by atoms with Crippen LogP contribution in [0.5, 0.6) is 0 Å². The fourth-order valence-corrected chi connectivity index (χ4v) is 3.78. The van der Waals surface area contributed by atoms with Gasteiger partial charge in [-0.2, -0.15) is 0 Å². The summed E-state index contributed by atoms with van der Waals surface area (Å²) >= 11 is 0. The number of para-hydroxylation sites is 1. The average molecular weight is 355 g/mol. The van der Waals surface area contributed by atoms with Gasteiger partial charge in [0.2, 0.25) is 5.91 Å². The Kier molecular flexibility index (Phi) is 4.98. The van der Waals surface area contributed by atoms with Gasteiger partial charge in [0.15, 0.2) is 0 Å². The Morgan fingerprint density at radius 2 is 1.77 bits per heavy atom. The number of hydrogen-bond acceptors (Lipinski definition) is 3. The van der Waals surface area contributed by atoms with E-state index in [1.165, 1.54) is 12.8 Å². The van der Waals surface area contributed by atoms with Crippen LogP contribution in [0.4, 0.5) is 5.69 Å². The minimum absolute atomic E-state index is 0.0525. The van der Waals surface area contributed by atoms with Crippen LogP contribution in [-0.2, 0) is 4.79 Å². The van der Waals surface area contributed by atoms with Gasteiger partial charge < -0.3 is 15.1 Å². The Labute approximate surface area is 155 Å². The van der Waals surface area contributed by atoms with Crippen LogP contribution in [0.3, 0.4) is 0 Å². The molecule has 5 heteroatoms. The van der Waals surface area contributed by atoms with Gasteiger partial charge in [0.05, 0.1) is 11.3 Å². The molecule has 5 nitrogen and oxygen atoms in total. The zero-order valence-electron chi connectivity index (χ0n) is 15.6. The van der Waals surface area contributed by atoms with Crippen LogP contribution in [0.25, 0.3) is 0 Å². The van der Waals surface area contributed by atoms with Gasteiger partial charge in [0, 0.05) is 32.1 Å². The third-order valence-corrected chi connectivity index (χ3v) is 5.93. The molecule has 3 aliphatic rings. The number of rotatable bonds is 6. The van der Waals surface area contributed by atoms with E-state index in [1.54, 1.807) is 11.9 Å². The second kappa shape index (κ2) is 7.39. The van der Waals surface area contributed by atoms with Crippen LogP contribution in [0.1, 0.15) is 48.9 Å². The highest BCUT2D eigenvalue weighted by molar-refractivity contribution is 6.05. The SMILES string of the molecule is CN(C(=O)C1CC1)c1ccccc1C(=O)N1CCC(NCC2CC2)CC1.